The predicted octanol–water partition coefficient (Wildman–Crippen LogP) is 6.98. The number of hydrogen-bond donors (Lipinski definition) is 0. The second-order valence-corrected chi connectivity index (χ2v) is 7.58. The number of hydrogen-bond acceptors (Lipinski definition) is 1. The minimum absolute atomic E-state index is 0.504. The maximum Gasteiger partial charge on any atom is 0.0792 e. The molecule has 4 aromatic rings. The molecule has 1 nitrogen and oxygen atoms in total. The van der Waals surface area contributed by atoms with Gasteiger partial charge in [-0.3, -0.25) is 4.98 Å². The lowest BCUT2D eigenvalue weighted by atomic mass is 9.90. The second kappa shape index (κ2) is 5.54. The number of aromatic nitrogens is 1. The normalized spacial score (nSPS) is 12.0. The molecule has 5 rings (SSSR count). The highest BCUT2D eigenvalue weighted by Gasteiger charge is 2.22. The van der Waals surface area contributed by atoms with Crippen molar-refractivity contribution < 1.29 is 0 Å². The minimum Gasteiger partial charge on any atom is -0.256 e. The molecule has 1 heteroatoms. The molecule has 0 saturated carbocycles. The minimum atomic E-state index is 0.504. The maximum atomic E-state index is 4.83. The molecule has 0 aliphatic heterocycles. The molecular formula is C25H21N. The summed E-state index contributed by atoms with van der Waals surface area (Å²) in [6.45, 7) is 6.68. The Morgan fingerprint density at radius 3 is 2.27 bits per heavy atom. The lowest BCUT2D eigenvalue weighted by molar-refractivity contribution is 0.867. The van der Waals surface area contributed by atoms with Gasteiger partial charge in [0.1, 0.15) is 0 Å². The molecule has 0 fully saturated rings. The van der Waals surface area contributed by atoms with Crippen LogP contribution in [0.25, 0.3) is 44.3 Å². The van der Waals surface area contributed by atoms with E-state index in [-0.39, 0.29) is 0 Å². The summed E-state index contributed by atoms with van der Waals surface area (Å²) in [5, 5.41) is 2.53. The largest absolute Gasteiger partial charge is 0.256 e. The summed E-state index contributed by atoms with van der Waals surface area (Å²) in [4.78, 5) is 4.83. The van der Waals surface area contributed by atoms with E-state index in [2.05, 4.69) is 81.4 Å². The van der Waals surface area contributed by atoms with Crippen molar-refractivity contribution in [1.82, 2.24) is 4.98 Å². The molecule has 1 heterocycles. The molecule has 0 N–H and O–H groups in total. The van der Waals surface area contributed by atoms with Crippen molar-refractivity contribution in [3.63, 3.8) is 0 Å². The van der Waals surface area contributed by atoms with Gasteiger partial charge in [0.25, 0.3) is 0 Å². The first kappa shape index (κ1) is 15.3. The van der Waals surface area contributed by atoms with Gasteiger partial charge in [-0.2, -0.15) is 0 Å². The van der Waals surface area contributed by atoms with E-state index in [1.165, 1.54) is 49.7 Å². The van der Waals surface area contributed by atoms with E-state index in [0.717, 1.165) is 5.69 Å². The standard InChI is InChI=1S/C25H21N/c1-15(2)17-8-9-21-22(14-17)19-6-4-5-7-20(19)23-13-16(3)12-18-10-11-26-25(21)24(18)23/h4-15H,1-3H3. The zero-order chi connectivity index (χ0) is 17.8. The average Bonchev–Trinajstić information content (AvgIpc) is 2.77. The molecule has 1 aromatic heterocycles. The molecule has 0 spiro atoms. The molecular weight excluding hydrogens is 314 g/mol. The van der Waals surface area contributed by atoms with E-state index in [1.807, 2.05) is 6.20 Å². The SMILES string of the molecule is Cc1cc2c3c(nccc3c1)-c1ccc(C(C)C)cc1-c1ccccc1-2. The van der Waals surface area contributed by atoms with E-state index in [9.17, 15) is 0 Å². The van der Waals surface area contributed by atoms with Crippen LogP contribution in [0.4, 0.5) is 0 Å². The Morgan fingerprint density at radius 1 is 0.731 bits per heavy atom. The van der Waals surface area contributed by atoms with Gasteiger partial charge in [-0.15, -0.1) is 0 Å². The van der Waals surface area contributed by atoms with Crippen LogP contribution in [0.5, 0.6) is 0 Å². The summed E-state index contributed by atoms with van der Waals surface area (Å²) in [7, 11) is 0. The molecule has 126 valence electrons. The summed E-state index contributed by atoms with van der Waals surface area (Å²) in [6.07, 6.45) is 1.94. The fraction of sp³-hybridized carbons (Fsp3) is 0.160. The van der Waals surface area contributed by atoms with Gasteiger partial charge in [0, 0.05) is 17.1 Å². The van der Waals surface area contributed by atoms with Crippen molar-refractivity contribution in [2.75, 3.05) is 0 Å². The summed E-state index contributed by atoms with van der Waals surface area (Å²) < 4.78 is 0. The van der Waals surface area contributed by atoms with Crippen molar-refractivity contribution in [1.29, 1.82) is 0 Å². The Bertz CT molecular complexity index is 1170. The van der Waals surface area contributed by atoms with Gasteiger partial charge < -0.3 is 0 Å². The van der Waals surface area contributed by atoms with Crippen LogP contribution in [0.3, 0.4) is 0 Å². The first-order valence-electron chi connectivity index (χ1n) is 9.27. The van der Waals surface area contributed by atoms with Crippen LogP contribution in [-0.2, 0) is 0 Å². The molecule has 1 aliphatic carbocycles. The molecule has 0 atom stereocenters. The van der Waals surface area contributed by atoms with Crippen LogP contribution in [0.15, 0.2) is 66.9 Å². The zero-order valence-corrected chi connectivity index (χ0v) is 15.4. The Balaban J connectivity index is 2.01. The molecule has 3 aromatic carbocycles. The fourth-order valence-corrected chi connectivity index (χ4v) is 4.19. The first-order valence-corrected chi connectivity index (χ1v) is 9.27. The number of rotatable bonds is 1. The van der Waals surface area contributed by atoms with Crippen molar-refractivity contribution in [3.8, 4) is 33.5 Å². The smallest absolute Gasteiger partial charge is 0.0792 e. The third-order valence-electron chi connectivity index (χ3n) is 5.48. The summed E-state index contributed by atoms with van der Waals surface area (Å²) in [5.74, 6) is 0.504. The Kier molecular flexibility index (Phi) is 3.27. The van der Waals surface area contributed by atoms with E-state index in [0.29, 0.717) is 5.92 Å². The predicted molar refractivity (Wildman–Crippen MR) is 110 cm³/mol. The zero-order valence-electron chi connectivity index (χ0n) is 15.4. The number of pyridine rings is 1. The van der Waals surface area contributed by atoms with Gasteiger partial charge in [-0.1, -0.05) is 68.4 Å². The highest BCUT2D eigenvalue weighted by Crippen LogP contribution is 2.47. The number of fused-ring (bicyclic) bond motifs is 5. The van der Waals surface area contributed by atoms with Crippen LogP contribution in [0.2, 0.25) is 0 Å². The first-order chi connectivity index (χ1) is 12.6. The van der Waals surface area contributed by atoms with Gasteiger partial charge >= 0.3 is 0 Å². The van der Waals surface area contributed by atoms with Crippen LogP contribution < -0.4 is 0 Å². The third kappa shape index (κ3) is 2.13. The van der Waals surface area contributed by atoms with Crippen molar-refractivity contribution in [3.05, 3.63) is 78.0 Å². The molecule has 1 aliphatic rings. The van der Waals surface area contributed by atoms with Crippen molar-refractivity contribution in [2.45, 2.75) is 26.7 Å². The molecule has 0 radical (unpaired) electrons. The molecule has 0 saturated heterocycles. The summed E-state index contributed by atoms with van der Waals surface area (Å²) >= 11 is 0. The van der Waals surface area contributed by atoms with Gasteiger partial charge in [-0.05, 0) is 57.7 Å². The topological polar surface area (TPSA) is 12.9 Å². The van der Waals surface area contributed by atoms with Gasteiger partial charge in [0.05, 0.1) is 5.69 Å². The Hall–Kier alpha value is -2.93. The van der Waals surface area contributed by atoms with E-state index in [4.69, 9.17) is 4.98 Å². The van der Waals surface area contributed by atoms with Crippen LogP contribution in [0.1, 0.15) is 30.9 Å². The van der Waals surface area contributed by atoms with Gasteiger partial charge in [0.15, 0.2) is 0 Å². The van der Waals surface area contributed by atoms with Crippen LogP contribution >= 0.6 is 0 Å². The highest BCUT2D eigenvalue weighted by molar-refractivity contribution is 6.12. The lowest BCUT2D eigenvalue weighted by Gasteiger charge is -2.14. The van der Waals surface area contributed by atoms with Gasteiger partial charge in [-0.25, -0.2) is 0 Å². The van der Waals surface area contributed by atoms with E-state index < -0.39 is 0 Å². The highest BCUT2D eigenvalue weighted by atomic mass is 14.7. The quantitative estimate of drug-likeness (QED) is 0.322. The number of nitrogens with zero attached hydrogens (tertiary/aromatic N) is 1. The van der Waals surface area contributed by atoms with Crippen LogP contribution in [0, 0.1) is 6.92 Å². The maximum absolute atomic E-state index is 4.83. The third-order valence-corrected chi connectivity index (χ3v) is 5.48. The van der Waals surface area contributed by atoms with Gasteiger partial charge in [0.2, 0.25) is 0 Å². The molecule has 0 amide bonds. The second-order valence-electron chi connectivity index (χ2n) is 7.58. The number of aryl methyl sites for hydroxylation is 1. The molecule has 0 unspecified atom stereocenters. The molecule has 26 heavy (non-hydrogen) atoms. The van der Waals surface area contributed by atoms with Crippen molar-refractivity contribution >= 4 is 10.8 Å². The Labute approximate surface area is 154 Å². The Morgan fingerprint density at radius 2 is 1.50 bits per heavy atom. The van der Waals surface area contributed by atoms with Crippen LogP contribution in [-0.4, -0.2) is 4.98 Å². The lowest BCUT2D eigenvalue weighted by Crippen LogP contribution is -1.92. The average molecular weight is 335 g/mol. The van der Waals surface area contributed by atoms with Crippen molar-refractivity contribution in [2.24, 2.45) is 0 Å². The monoisotopic (exact) mass is 335 g/mol. The summed E-state index contributed by atoms with van der Waals surface area (Å²) in [5.41, 5.74) is 10.2. The van der Waals surface area contributed by atoms with E-state index in [1.54, 1.807) is 0 Å². The fourth-order valence-electron chi connectivity index (χ4n) is 4.19. The molecule has 0 bridgehead atoms. The van der Waals surface area contributed by atoms with E-state index >= 15 is 0 Å². The number of benzene rings is 3. The summed E-state index contributed by atoms with van der Waals surface area (Å²) in [6, 6.07) is 22.4.